The average Bonchev–Trinajstić information content (AvgIpc) is 2.98. The van der Waals surface area contributed by atoms with Gasteiger partial charge >= 0.3 is 0 Å². The standard InChI is InChI=1S/C15H23N3OS/c1-15(2,3)9-17-4-11-6-18(7-12(11)5-17)14(19)13-8-20-10-16-13/h8,10-12H,4-7,9H2,1-3H3/t11-,12-/m0/s1. The van der Waals surface area contributed by atoms with Crippen molar-refractivity contribution in [3.63, 3.8) is 0 Å². The monoisotopic (exact) mass is 293 g/mol. The molecule has 1 amide bonds. The van der Waals surface area contributed by atoms with Crippen molar-refractivity contribution < 1.29 is 4.79 Å². The maximum absolute atomic E-state index is 12.3. The minimum atomic E-state index is 0.114. The molecule has 2 aliphatic rings. The van der Waals surface area contributed by atoms with Crippen LogP contribution in [0, 0.1) is 17.3 Å². The number of nitrogens with zero attached hydrogens (tertiary/aromatic N) is 3. The van der Waals surface area contributed by atoms with E-state index in [1.54, 1.807) is 5.51 Å². The SMILES string of the molecule is CC(C)(C)CN1C[C@H]2CN(C(=O)c3cscn3)C[C@@H]2C1. The molecule has 0 N–H and O–H groups in total. The summed E-state index contributed by atoms with van der Waals surface area (Å²) in [6.45, 7) is 12.1. The van der Waals surface area contributed by atoms with E-state index in [4.69, 9.17) is 0 Å². The van der Waals surface area contributed by atoms with Gasteiger partial charge in [0.15, 0.2) is 0 Å². The maximum Gasteiger partial charge on any atom is 0.273 e. The number of fused-ring (bicyclic) bond motifs is 1. The van der Waals surface area contributed by atoms with Gasteiger partial charge in [-0.3, -0.25) is 4.79 Å². The van der Waals surface area contributed by atoms with Gasteiger partial charge < -0.3 is 9.80 Å². The molecule has 0 bridgehead atoms. The molecule has 110 valence electrons. The summed E-state index contributed by atoms with van der Waals surface area (Å²) in [5, 5.41) is 1.85. The van der Waals surface area contributed by atoms with E-state index in [2.05, 4.69) is 30.7 Å². The van der Waals surface area contributed by atoms with Crippen LogP contribution in [0.25, 0.3) is 0 Å². The Hall–Kier alpha value is -0.940. The van der Waals surface area contributed by atoms with Crippen LogP contribution < -0.4 is 0 Å². The Morgan fingerprint density at radius 3 is 2.45 bits per heavy atom. The lowest BCUT2D eigenvalue weighted by Gasteiger charge is -2.27. The Bertz CT molecular complexity index is 466. The van der Waals surface area contributed by atoms with Crippen LogP contribution in [-0.2, 0) is 0 Å². The second-order valence-electron chi connectivity index (χ2n) is 7.36. The highest BCUT2D eigenvalue weighted by Gasteiger charge is 2.42. The fourth-order valence-electron chi connectivity index (χ4n) is 3.54. The number of carbonyl (C=O) groups excluding carboxylic acids is 1. The van der Waals surface area contributed by atoms with Crippen LogP contribution in [0.2, 0.25) is 0 Å². The number of carbonyl (C=O) groups is 1. The number of rotatable bonds is 2. The summed E-state index contributed by atoms with van der Waals surface area (Å²) in [6.07, 6.45) is 0. The van der Waals surface area contributed by atoms with Gasteiger partial charge in [-0.15, -0.1) is 11.3 Å². The highest BCUT2D eigenvalue weighted by atomic mass is 32.1. The molecule has 0 unspecified atom stereocenters. The van der Waals surface area contributed by atoms with Gasteiger partial charge in [-0.2, -0.15) is 0 Å². The van der Waals surface area contributed by atoms with E-state index in [9.17, 15) is 4.79 Å². The zero-order valence-electron chi connectivity index (χ0n) is 12.5. The first-order valence-corrected chi connectivity index (χ1v) is 8.26. The van der Waals surface area contributed by atoms with E-state index < -0.39 is 0 Å². The van der Waals surface area contributed by atoms with Gasteiger partial charge in [-0.1, -0.05) is 20.8 Å². The summed E-state index contributed by atoms with van der Waals surface area (Å²) in [5.74, 6) is 1.42. The summed E-state index contributed by atoms with van der Waals surface area (Å²) in [4.78, 5) is 21.0. The van der Waals surface area contributed by atoms with Crippen molar-refractivity contribution in [2.45, 2.75) is 20.8 Å². The second-order valence-corrected chi connectivity index (χ2v) is 8.08. The van der Waals surface area contributed by atoms with Gasteiger partial charge in [-0.05, 0) is 17.3 Å². The lowest BCUT2D eigenvalue weighted by Crippen LogP contribution is -2.36. The van der Waals surface area contributed by atoms with Crippen molar-refractivity contribution in [2.75, 3.05) is 32.7 Å². The van der Waals surface area contributed by atoms with E-state index in [0.29, 0.717) is 22.9 Å². The zero-order chi connectivity index (χ0) is 14.3. The molecule has 1 aromatic heterocycles. The lowest BCUT2D eigenvalue weighted by atomic mass is 9.96. The van der Waals surface area contributed by atoms with Gasteiger partial charge in [0.25, 0.3) is 5.91 Å². The van der Waals surface area contributed by atoms with Crippen molar-refractivity contribution in [1.29, 1.82) is 0 Å². The van der Waals surface area contributed by atoms with Crippen LogP contribution in [0.3, 0.4) is 0 Å². The van der Waals surface area contributed by atoms with Crippen LogP contribution in [0.15, 0.2) is 10.9 Å². The average molecular weight is 293 g/mol. The Morgan fingerprint density at radius 1 is 1.30 bits per heavy atom. The number of amides is 1. The molecule has 20 heavy (non-hydrogen) atoms. The summed E-state index contributed by atoms with van der Waals surface area (Å²) < 4.78 is 0. The van der Waals surface area contributed by atoms with E-state index in [1.165, 1.54) is 11.3 Å². The first-order valence-electron chi connectivity index (χ1n) is 7.32. The normalized spacial score (nSPS) is 27.1. The van der Waals surface area contributed by atoms with Gasteiger partial charge in [0.1, 0.15) is 5.69 Å². The third-order valence-electron chi connectivity index (χ3n) is 4.20. The quantitative estimate of drug-likeness (QED) is 0.838. The topological polar surface area (TPSA) is 36.4 Å². The van der Waals surface area contributed by atoms with Gasteiger partial charge in [-0.25, -0.2) is 4.98 Å². The largest absolute Gasteiger partial charge is 0.337 e. The summed E-state index contributed by atoms with van der Waals surface area (Å²) in [5.41, 5.74) is 2.70. The van der Waals surface area contributed by atoms with Crippen LogP contribution in [0.4, 0.5) is 0 Å². The van der Waals surface area contributed by atoms with Gasteiger partial charge in [0, 0.05) is 38.1 Å². The molecule has 1 aromatic rings. The van der Waals surface area contributed by atoms with Crippen LogP contribution in [-0.4, -0.2) is 53.4 Å². The Labute approximate surface area is 124 Å². The molecule has 0 aromatic carbocycles. The van der Waals surface area contributed by atoms with Crippen molar-refractivity contribution in [1.82, 2.24) is 14.8 Å². The van der Waals surface area contributed by atoms with Crippen LogP contribution >= 0.6 is 11.3 Å². The summed E-state index contributed by atoms with van der Waals surface area (Å²) in [7, 11) is 0. The minimum Gasteiger partial charge on any atom is -0.337 e. The maximum atomic E-state index is 12.3. The molecule has 2 aliphatic heterocycles. The zero-order valence-corrected chi connectivity index (χ0v) is 13.3. The number of hydrogen-bond acceptors (Lipinski definition) is 4. The van der Waals surface area contributed by atoms with E-state index in [-0.39, 0.29) is 5.91 Å². The first-order chi connectivity index (χ1) is 9.42. The highest BCUT2D eigenvalue weighted by molar-refractivity contribution is 7.07. The van der Waals surface area contributed by atoms with Crippen molar-refractivity contribution in [3.8, 4) is 0 Å². The molecular weight excluding hydrogens is 270 g/mol. The van der Waals surface area contributed by atoms with Crippen molar-refractivity contribution in [3.05, 3.63) is 16.6 Å². The molecule has 2 fully saturated rings. The Balaban J connectivity index is 1.57. The molecule has 2 saturated heterocycles. The Morgan fingerprint density at radius 2 is 1.95 bits per heavy atom. The molecule has 0 radical (unpaired) electrons. The van der Waals surface area contributed by atoms with Crippen LogP contribution in [0.5, 0.6) is 0 Å². The molecular formula is C15H23N3OS. The van der Waals surface area contributed by atoms with Crippen molar-refractivity contribution in [2.24, 2.45) is 17.3 Å². The van der Waals surface area contributed by atoms with Crippen LogP contribution in [0.1, 0.15) is 31.3 Å². The summed E-state index contributed by atoms with van der Waals surface area (Å²) in [6, 6.07) is 0. The predicted molar refractivity (Wildman–Crippen MR) is 80.9 cm³/mol. The number of likely N-dealkylation sites (tertiary alicyclic amines) is 2. The van der Waals surface area contributed by atoms with E-state index in [0.717, 1.165) is 32.7 Å². The molecule has 0 saturated carbocycles. The number of aromatic nitrogens is 1. The van der Waals surface area contributed by atoms with E-state index >= 15 is 0 Å². The Kier molecular flexibility index (Phi) is 3.58. The second kappa shape index (κ2) is 5.11. The minimum absolute atomic E-state index is 0.114. The fourth-order valence-corrected chi connectivity index (χ4v) is 4.06. The smallest absolute Gasteiger partial charge is 0.273 e. The molecule has 4 nitrogen and oxygen atoms in total. The fraction of sp³-hybridized carbons (Fsp3) is 0.733. The number of thiazole rings is 1. The van der Waals surface area contributed by atoms with Crippen molar-refractivity contribution >= 4 is 17.2 Å². The van der Waals surface area contributed by atoms with Gasteiger partial charge in [0.2, 0.25) is 0 Å². The first kappa shape index (κ1) is 14.0. The molecule has 0 spiro atoms. The third kappa shape index (κ3) is 2.88. The van der Waals surface area contributed by atoms with E-state index in [1.807, 2.05) is 10.3 Å². The lowest BCUT2D eigenvalue weighted by molar-refractivity contribution is 0.0765. The molecule has 2 atom stereocenters. The predicted octanol–water partition coefficient (Wildman–Crippen LogP) is 2.19. The number of hydrogen-bond donors (Lipinski definition) is 0. The molecule has 3 heterocycles. The summed E-state index contributed by atoms with van der Waals surface area (Å²) >= 11 is 1.49. The molecule has 0 aliphatic carbocycles. The molecule has 3 rings (SSSR count). The van der Waals surface area contributed by atoms with Gasteiger partial charge in [0.05, 0.1) is 5.51 Å². The highest BCUT2D eigenvalue weighted by Crippen LogP contribution is 2.33. The molecule has 5 heteroatoms. The third-order valence-corrected chi connectivity index (χ3v) is 4.78.